The first-order valence-electron chi connectivity index (χ1n) is 8.12. The van der Waals surface area contributed by atoms with Gasteiger partial charge in [0.05, 0.1) is 0 Å². The molecule has 9 nitrogen and oxygen atoms in total. The van der Waals surface area contributed by atoms with E-state index in [9.17, 15) is 14.3 Å². The van der Waals surface area contributed by atoms with Gasteiger partial charge < -0.3 is 15.2 Å². The van der Waals surface area contributed by atoms with Crippen LogP contribution in [0.1, 0.15) is 27.0 Å². The number of carbonyl (C=O) groups excluding carboxylic acids is 1. The summed E-state index contributed by atoms with van der Waals surface area (Å²) in [5.41, 5.74) is -1.50. The number of aliphatic hydroxyl groups excluding tert-OH is 1. The summed E-state index contributed by atoms with van der Waals surface area (Å²) in [6.45, 7) is 8.23. The highest BCUT2D eigenvalue weighted by Crippen LogP contribution is 2.43. The Bertz CT molecular complexity index is 878. The molecule has 0 radical (unpaired) electrons. The summed E-state index contributed by atoms with van der Waals surface area (Å²) < 4.78 is 21.8. The van der Waals surface area contributed by atoms with Crippen LogP contribution in [-0.4, -0.2) is 49.4 Å². The smallest absolute Gasteiger partial charge is 0.233 e. The van der Waals surface area contributed by atoms with Crippen LogP contribution in [0.25, 0.3) is 11.2 Å². The van der Waals surface area contributed by atoms with Gasteiger partial charge in [-0.05, 0) is 6.92 Å². The predicted octanol–water partition coefficient (Wildman–Crippen LogP) is 1.59. The van der Waals surface area contributed by atoms with Gasteiger partial charge in [-0.15, -0.1) is 0 Å². The molecule has 0 bridgehead atoms. The van der Waals surface area contributed by atoms with E-state index in [1.807, 2.05) is 0 Å². The van der Waals surface area contributed by atoms with E-state index in [2.05, 4.69) is 32.2 Å². The van der Waals surface area contributed by atoms with Crippen LogP contribution in [0, 0.1) is 5.92 Å². The summed E-state index contributed by atoms with van der Waals surface area (Å²) in [6.07, 6.45) is -1.33. The quantitative estimate of drug-likeness (QED) is 0.755. The van der Waals surface area contributed by atoms with Gasteiger partial charge in [-0.3, -0.25) is 14.7 Å². The maximum absolute atomic E-state index is 15.0. The number of fused-ring (bicyclic) bond motifs is 1. The fraction of sp³-hybridized carbons (Fsp3) is 0.500. The lowest BCUT2D eigenvalue weighted by Crippen LogP contribution is -2.36. The number of imidazole rings is 1. The van der Waals surface area contributed by atoms with E-state index in [0.717, 1.165) is 0 Å². The van der Waals surface area contributed by atoms with Crippen LogP contribution in [0.2, 0.25) is 0 Å². The maximum atomic E-state index is 15.0. The first-order valence-corrected chi connectivity index (χ1v) is 8.12. The highest BCUT2D eigenvalue weighted by atomic mass is 19.1. The molecule has 1 saturated heterocycles. The fourth-order valence-electron chi connectivity index (χ4n) is 2.67. The highest BCUT2D eigenvalue weighted by molar-refractivity contribution is 5.92. The molecule has 0 unspecified atom stereocenters. The number of halogens is 1. The van der Waals surface area contributed by atoms with Crippen LogP contribution in [0.5, 0.6) is 0 Å². The molecule has 3 atom stereocenters. The lowest BCUT2D eigenvalue weighted by Gasteiger charge is -2.23. The van der Waals surface area contributed by atoms with E-state index < -0.39 is 18.0 Å². The van der Waals surface area contributed by atoms with Crippen molar-refractivity contribution in [2.75, 3.05) is 17.7 Å². The highest BCUT2D eigenvalue weighted by Gasteiger charge is 2.53. The van der Waals surface area contributed by atoms with Crippen molar-refractivity contribution in [3.63, 3.8) is 0 Å². The first kappa shape index (κ1) is 18.1. The summed E-state index contributed by atoms with van der Waals surface area (Å²) in [4.78, 5) is 24.7. The normalized spacial score (nSPS) is 25.6. The molecule has 0 aromatic carbocycles. The minimum absolute atomic E-state index is 0.0558. The van der Waals surface area contributed by atoms with Gasteiger partial charge in [0.15, 0.2) is 22.7 Å². The van der Waals surface area contributed by atoms with Crippen molar-refractivity contribution in [3.8, 4) is 0 Å². The molecule has 26 heavy (non-hydrogen) atoms. The third kappa shape index (κ3) is 2.75. The monoisotopic (exact) mass is 364 g/mol. The molecule has 10 heteroatoms. The van der Waals surface area contributed by atoms with E-state index >= 15 is 0 Å². The number of alkyl halides is 1. The second-order valence-electron chi connectivity index (χ2n) is 6.60. The molecule has 3 rings (SSSR count). The van der Waals surface area contributed by atoms with Crippen LogP contribution in [-0.2, 0) is 9.53 Å². The minimum Gasteiger partial charge on any atom is -0.469 e. The van der Waals surface area contributed by atoms with Crippen molar-refractivity contribution in [1.29, 1.82) is 0 Å². The minimum atomic E-state index is -2.13. The van der Waals surface area contributed by atoms with Gasteiger partial charge in [-0.2, -0.15) is 9.97 Å². The van der Waals surface area contributed by atoms with E-state index in [-0.39, 0.29) is 29.2 Å². The summed E-state index contributed by atoms with van der Waals surface area (Å²) in [5, 5.41) is 15.5. The Morgan fingerprint density at radius 3 is 2.73 bits per heavy atom. The molecule has 1 amide bonds. The Balaban J connectivity index is 2.10. The number of rotatable bonds is 4. The largest absolute Gasteiger partial charge is 0.469 e. The van der Waals surface area contributed by atoms with Gasteiger partial charge in [0.2, 0.25) is 18.1 Å². The zero-order valence-electron chi connectivity index (χ0n) is 14.9. The molecule has 2 aromatic heterocycles. The van der Waals surface area contributed by atoms with Crippen molar-refractivity contribution < 1.29 is 19.0 Å². The number of carbonyl (C=O) groups is 1. The fourth-order valence-corrected chi connectivity index (χ4v) is 2.67. The summed E-state index contributed by atoms with van der Waals surface area (Å²) in [7, 11) is 1.64. The Kier molecular flexibility index (Phi) is 4.31. The molecule has 1 aliphatic rings. The second-order valence-corrected chi connectivity index (χ2v) is 6.60. The zero-order chi connectivity index (χ0) is 19.2. The molecule has 3 heterocycles. The maximum Gasteiger partial charge on any atom is 0.233 e. The first-order chi connectivity index (χ1) is 12.2. The number of hydrogen-bond donors (Lipinski definition) is 3. The SMILES string of the molecule is C=C1O[C@@H](n2cnc3c(NC)nc(NC(=O)C(C)C)nc32)[C@](C)(F)[C@@H]1O. The van der Waals surface area contributed by atoms with Crippen LogP contribution < -0.4 is 10.6 Å². The topological polar surface area (TPSA) is 114 Å². The average molecular weight is 364 g/mol. The Morgan fingerprint density at radius 1 is 1.50 bits per heavy atom. The summed E-state index contributed by atoms with van der Waals surface area (Å²) >= 11 is 0. The van der Waals surface area contributed by atoms with E-state index in [1.165, 1.54) is 17.8 Å². The Morgan fingerprint density at radius 2 is 2.19 bits per heavy atom. The number of hydrogen-bond acceptors (Lipinski definition) is 7. The van der Waals surface area contributed by atoms with Crippen LogP contribution in [0.15, 0.2) is 18.7 Å². The summed E-state index contributed by atoms with van der Waals surface area (Å²) in [6, 6.07) is 0. The van der Waals surface area contributed by atoms with Gasteiger partial charge >= 0.3 is 0 Å². The molecule has 0 spiro atoms. The van der Waals surface area contributed by atoms with Crippen molar-refractivity contribution >= 4 is 28.8 Å². The van der Waals surface area contributed by atoms with Crippen molar-refractivity contribution in [3.05, 3.63) is 18.7 Å². The number of anilines is 2. The van der Waals surface area contributed by atoms with Gasteiger partial charge in [0.25, 0.3) is 0 Å². The molecular weight excluding hydrogens is 343 g/mol. The standard InChI is InChI=1S/C16H21FN6O3/c1-7(2)13(25)22-15-20-11(18-5)9-12(21-15)23(6-19-9)14-16(4,17)10(24)8(3)26-14/h6-7,10,14,24H,3H2,1-2,4-5H3,(H2,18,20,21,22,25)/t10-,14-,16-/m1/s1. The lowest BCUT2D eigenvalue weighted by molar-refractivity contribution is -0.118. The molecule has 0 aliphatic carbocycles. The van der Waals surface area contributed by atoms with Crippen molar-refractivity contribution in [2.24, 2.45) is 5.92 Å². The van der Waals surface area contributed by atoms with Crippen LogP contribution in [0.3, 0.4) is 0 Å². The average Bonchev–Trinajstić information content (AvgIpc) is 3.08. The molecule has 1 aliphatic heterocycles. The van der Waals surface area contributed by atoms with E-state index in [1.54, 1.807) is 20.9 Å². The van der Waals surface area contributed by atoms with Crippen LogP contribution in [0.4, 0.5) is 16.2 Å². The number of aromatic nitrogens is 4. The van der Waals surface area contributed by atoms with Crippen LogP contribution >= 0.6 is 0 Å². The second kappa shape index (κ2) is 6.20. The van der Waals surface area contributed by atoms with Gasteiger partial charge in [-0.1, -0.05) is 20.4 Å². The third-order valence-corrected chi connectivity index (χ3v) is 4.26. The van der Waals surface area contributed by atoms with Gasteiger partial charge in [0.1, 0.15) is 18.2 Å². The zero-order valence-corrected chi connectivity index (χ0v) is 14.9. The lowest BCUT2D eigenvalue weighted by atomic mass is 10.0. The number of nitrogens with one attached hydrogen (secondary N) is 2. The Hall–Kier alpha value is -2.75. The number of amides is 1. The molecule has 140 valence electrons. The third-order valence-electron chi connectivity index (χ3n) is 4.26. The van der Waals surface area contributed by atoms with Crippen molar-refractivity contribution in [2.45, 2.75) is 38.8 Å². The van der Waals surface area contributed by atoms with Crippen molar-refractivity contribution in [1.82, 2.24) is 19.5 Å². The van der Waals surface area contributed by atoms with E-state index in [4.69, 9.17) is 4.74 Å². The van der Waals surface area contributed by atoms with E-state index in [0.29, 0.717) is 11.3 Å². The van der Waals surface area contributed by atoms with Gasteiger partial charge in [-0.25, -0.2) is 9.37 Å². The Labute approximate surface area is 149 Å². The number of nitrogens with zero attached hydrogens (tertiary/aromatic N) is 4. The molecule has 1 fully saturated rings. The molecule has 2 aromatic rings. The molecule has 0 saturated carbocycles. The summed E-state index contributed by atoms with van der Waals surface area (Å²) in [5.74, 6) is -0.166. The number of ether oxygens (including phenoxy) is 1. The molecule has 3 N–H and O–H groups in total. The number of aliphatic hydroxyl groups is 1. The molecular formula is C16H21FN6O3. The predicted molar refractivity (Wildman–Crippen MR) is 93.1 cm³/mol. The van der Waals surface area contributed by atoms with Gasteiger partial charge in [0, 0.05) is 13.0 Å².